The first-order valence-electron chi connectivity index (χ1n) is 9.39. The van der Waals surface area contributed by atoms with Crippen LogP contribution in [-0.4, -0.2) is 51.0 Å². The molecule has 0 spiro atoms. The van der Waals surface area contributed by atoms with Crippen molar-refractivity contribution in [3.63, 3.8) is 0 Å². The zero-order valence-electron chi connectivity index (χ0n) is 17.4. The number of aryl methyl sites for hydroxylation is 1. The van der Waals surface area contributed by atoms with Crippen LogP contribution in [-0.2, 0) is 5.41 Å². The summed E-state index contributed by atoms with van der Waals surface area (Å²) in [5.74, 6) is 0.218. The van der Waals surface area contributed by atoms with Crippen molar-refractivity contribution in [1.29, 1.82) is 0 Å². The Morgan fingerprint density at radius 2 is 1.89 bits per heavy atom. The summed E-state index contributed by atoms with van der Waals surface area (Å²) in [5.41, 5.74) is 3.42. The van der Waals surface area contributed by atoms with Gasteiger partial charge in [-0.2, -0.15) is 10.1 Å². The van der Waals surface area contributed by atoms with Crippen LogP contribution in [0.15, 0.2) is 36.7 Å². The van der Waals surface area contributed by atoms with Gasteiger partial charge in [-0.1, -0.05) is 50.6 Å². The number of nitrogens with one attached hydrogen (secondary N) is 1. The molecule has 0 radical (unpaired) electrons. The molecule has 0 aliphatic heterocycles. The zero-order chi connectivity index (χ0) is 20.5. The number of hydrogen-bond donors (Lipinski definition) is 1. The van der Waals surface area contributed by atoms with Gasteiger partial charge in [0.2, 0.25) is 0 Å². The summed E-state index contributed by atoms with van der Waals surface area (Å²) in [6.45, 7) is 8.77. The van der Waals surface area contributed by atoms with E-state index in [2.05, 4.69) is 77.2 Å². The molecule has 148 valence electrons. The molecule has 0 bridgehead atoms. The second-order valence-electron chi connectivity index (χ2n) is 8.35. The van der Waals surface area contributed by atoms with E-state index in [1.807, 2.05) is 14.1 Å². The van der Waals surface area contributed by atoms with Gasteiger partial charge in [-0.3, -0.25) is 4.79 Å². The standard InChI is InChI=1S/C21H28N6O/c1-14-7-9-15(10-8-14)17(26(5)6)12-22-19(28)16-11-18(21(2,3)4)27-20(25-16)23-13-24-27/h7-11,13,17H,12H2,1-6H3,(H,22,28)/t17-/m1/s1. The predicted octanol–water partition coefficient (Wildman–Crippen LogP) is 2.76. The van der Waals surface area contributed by atoms with Crippen molar-refractivity contribution in [2.75, 3.05) is 20.6 Å². The third kappa shape index (κ3) is 4.20. The lowest BCUT2D eigenvalue weighted by molar-refractivity contribution is 0.0936. The fraction of sp³-hybridized carbons (Fsp3) is 0.429. The Kier molecular flexibility index (Phi) is 5.47. The van der Waals surface area contributed by atoms with Gasteiger partial charge in [0.15, 0.2) is 0 Å². The van der Waals surface area contributed by atoms with E-state index in [0.29, 0.717) is 18.0 Å². The third-order valence-electron chi connectivity index (χ3n) is 4.79. The number of fused-ring (bicyclic) bond motifs is 1. The topological polar surface area (TPSA) is 75.4 Å². The second kappa shape index (κ2) is 7.67. The molecule has 1 N–H and O–H groups in total. The average Bonchev–Trinajstić information content (AvgIpc) is 3.09. The fourth-order valence-corrected chi connectivity index (χ4v) is 3.13. The Balaban J connectivity index is 1.83. The molecule has 3 rings (SSSR count). The summed E-state index contributed by atoms with van der Waals surface area (Å²) in [4.78, 5) is 23.5. The molecule has 0 fully saturated rings. The van der Waals surface area contributed by atoms with E-state index in [-0.39, 0.29) is 17.4 Å². The van der Waals surface area contributed by atoms with Crippen LogP contribution >= 0.6 is 0 Å². The number of benzene rings is 1. The van der Waals surface area contributed by atoms with Gasteiger partial charge in [0.1, 0.15) is 12.0 Å². The van der Waals surface area contributed by atoms with Crippen molar-refractivity contribution >= 4 is 11.7 Å². The molecule has 2 aromatic heterocycles. The van der Waals surface area contributed by atoms with Gasteiger partial charge in [-0.25, -0.2) is 9.50 Å². The van der Waals surface area contributed by atoms with Gasteiger partial charge >= 0.3 is 0 Å². The number of carbonyl (C=O) groups excluding carboxylic acids is 1. The van der Waals surface area contributed by atoms with Crippen LogP contribution in [0, 0.1) is 6.92 Å². The highest BCUT2D eigenvalue weighted by Gasteiger charge is 2.23. The number of carbonyl (C=O) groups is 1. The Morgan fingerprint density at radius 3 is 2.50 bits per heavy atom. The number of amides is 1. The van der Waals surface area contributed by atoms with Crippen LogP contribution in [0.4, 0.5) is 0 Å². The summed E-state index contributed by atoms with van der Waals surface area (Å²) in [5, 5.41) is 7.26. The maximum absolute atomic E-state index is 12.9. The molecule has 2 heterocycles. The quantitative estimate of drug-likeness (QED) is 0.737. The van der Waals surface area contributed by atoms with Crippen LogP contribution in [0.3, 0.4) is 0 Å². The number of aromatic nitrogens is 4. The lowest BCUT2D eigenvalue weighted by Crippen LogP contribution is -2.35. The van der Waals surface area contributed by atoms with E-state index < -0.39 is 0 Å². The van der Waals surface area contributed by atoms with Gasteiger partial charge in [0.25, 0.3) is 11.7 Å². The predicted molar refractivity (Wildman–Crippen MR) is 109 cm³/mol. The summed E-state index contributed by atoms with van der Waals surface area (Å²) in [7, 11) is 4.02. The molecule has 1 aromatic carbocycles. The molecule has 28 heavy (non-hydrogen) atoms. The van der Waals surface area contributed by atoms with E-state index >= 15 is 0 Å². The number of nitrogens with zero attached hydrogens (tertiary/aromatic N) is 5. The highest BCUT2D eigenvalue weighted by molar-refractivity contribution is 5.92. The molecule has 3 aromatic rings. The van der Waals surface area contributed by atoms with E-state index in [4.69, 9.17) is 0 Å². The summed E-state index contributed by atoms with van der Waals surface area (Å²) >= 11 is 0. The van der Waals surface area contributed by atoms with E-state index in [1.165, 1.54) is 11.9 Å². The van der Waals surface area contributed by atoms with Crippen molar-refractivity contribution < 1.29 is 4.79 Å². The summed E-state index contributed by atoms with van der Waals surface area (Å²) in [6, 6.07) is 10.2. The van der Waals surface area contributed by atoms with Crippen LogP contribution in [0.25, 0.3) is 5.78 Å². The lowest BCUT2D eigenvalue weighted by Gasteiger charge is -2.25. The van der Waals surface area contributed by atoms with Crippen LogP contribution in [0.2, 0.25) is 0 Å². The molecule has 1 amide bonds. The Labute approximate surface area is 165 Å². The molecule has 7 nitrogen and oxygen atoms in total. The first kappa shape index (κ1) is 19.9. The first-order chi connectivity index (χ1) is 13.2. The monoisotopic (exact) mass is 380 g/mol. The molecule has 0 unspecified atom stereocenters. The van der Waals surface area contributed by atoms with Crippen molar-refractivity contribution in [2.24, 2.45) is 0 Å². The van der Waals surface area contributed by atoms with Crippen LogP contribution < -0.4 is 5.32 Å². The van der Waals surface area contributed by atoms with Gasteiger partial charge in [-0.15, -0.1) is 0 Å². The van der Waals surface area contributed by atoms with E-state index in [9.17, 15) is 4.79 Å². The van der Waals surface area contributed by atoms with Gasteiger partial charge < -0.3 is 10.2 Å². The fourth-order valence-electron chi connectivity index (χ4n) is 3.13. The van der Waals surface area contributed by atoms with Crippen molar-refractivity contribution in [3.05, 3.63) is 59.2 Å². The molecule has 1 atom stereocenters. The maximum Gasteiger partial charge on any atom is 0.270 e. The Morgan fingerprint density at radius 1 is 1.21 bits per heavy atom. The van der Waals surface area contributed by atoms with Gasteiger partial charge in [-0.05, 0) is 32.6 Å². The van der Waals surface area contributed by atoms with Crippen molar-refractivity contribution in [3.8, 4) is 0 Å². The highest BCUT2D eigenvalue weighted by Crippen LogP contribution is 2.23. The van der Waals surface area contributed by atoms with Crippen LogP contribution in [0.5, 0.6) is 0 Å². The average molecular weight is 380 g/mol. The molecule has 7 heteroatoms. The summed E-state index contributed by atoms with van der Waals surface area (Å²) < 4.78 is 1.69. The third-order valence-corrected chi connectivity index (χ3v) is 4.79. The Hall–Kier alpha value is -2.80. The van der Waals surface area contributed by atoms with E-state index in [1.54, 1.807) is 10.6 Å². The highest BCUT2D eigenvalue weighted by atomic mass is 16.1. The number of likely N-dealkylation sites (N-methyl/N-ethyl adjacent to an activating group) is 1. The molecule has 0 aliphatic carbocycles. The van der Waals surface area contributed by atoms with E-state index in [0.717, 1.165) is 11.3 Å². The SMILES string of the molecule is Cc1ccc([C@@H](CNC(=O)c2cc(C(C)(C)C)n3ncnc3n2)N(C)C)cc1. The molecular weight excluding hydrogens is 352 g/mol. The molecule has 0 saturated heterocycles. The normalized spacial score (nSPS) is 13.1. The molecular formula is C21H28N6O. The van der Waals surface area contributed by atoms with Gasteiger partial charge in [0, 0.05) is 12.0 Å². The first-order valence-corrected chi connectivity index (χ1v) is 9.39. The van der Waals surface area contributed by atoms with Gasteiger partial charge in [0.05, 0.1) is 11.7 Å². The maximum atomic E-state index is 12.9. The number of hydrogen-bond acceptors (Lipinski definition) is 5. The molecule has 0 aliphatic rings. The van der Waals surface area contributed by atoms with Crippen LogP contribution in [0.1, 0.15) is 54.1 Å². The lowest BCUT2D eigenvalue weighted by atomic mass is 9.91. The van der Waals surface area contributed by atoms with Crippen molar-refractivity contribution in [2.45, 2.75) is 39.2 Å². The minimum atomic E-state index is -0.213. The Bertz CT molecular complexity index is 969. The second-order valence-corrected chi connectivity index (χ2v) is 8.35. The number of rotatable bonds is 5. The summed E-state index contributed by atoms with van der Waals surface area (Å²) in [6.07, 6.45) is 1.46. The largest absolute Gasteiger partial charge is 0.349 e. The minimum Gasteiger partial charge on any atom is -0.349 e. The smallest absolute Gasteiger partial charge is 0.270 e. The minimum absolute atomic E-state index is 0.0726. The molecule has 0 saturated carbocycles. The van der Waals surface area contributed by atoms with Crippen molar-refractivity contribution in [1.82, 2.24) is 29.8 Å². The zero-order valence-corrected chi connectivity index (χ0v) is 17.4.